The summed E-state index contributed by atoms with van der Waals surface area (Å²) in [5, 5.41) is 0. The standard InChI is InChI=1S/C10H11NO2/c1-6-7(2)9(10(11)13)4-3-8(6)5-12/h3-5H,1-2H3,(H2,11,13). The average molecular weight is 177 g/mol. The van der Waals surface area contributed by atoms with Crippen molar-refractivity contribution < 1.29 is 9.59 Å². The number of benzene rings is 1. The van der Waals surface area contributed by atoms with E-state index in [4.69, 9.17) is 5.73 Å². The van der Waals surface area contributed by atoms with E-state index in [0.717, 1.165) is 17.4 Å². The summed E-state index contributed by atoms with van der Waals surface area (Å²) in [7, 11) is 0. The molecule has 0 saturated heterocycles. The molecule has 1 rings (SSSR count). The minimum Gasteiger partial charge on any atom is -0.366 e. The minimum atomic E-state index is -0.460. The fraction of sp³-hybridized carbons (Fsp3) is 0.200. The molecule has 0 fully saturated rings. The zero-order valence-corrected chi connectivity index (χ0v) is 7.63. The topological polar surface area (TPSA) is 60.2 Å². The van der Waals surface area contributed by atoms with Crippen LogP contribution < -0.4 is 5.73 Å². The number of amides is 1. The van der Waals surface area contributed by atoms with Gasteiger partial charge in [0.05, 0.1) is 0 Å². The van der Waals surface area contributed by atoms with Crippen LogP contribution in [-0.2, 0) is 0 Å². The van der Waals surface area contributed by atoms with Crippen LogP contribution >= 0.6 is 0 Å². The summed E-state index contributed by atoms with van der Waals surface area (Å²) >= 11 is 0. The molecule has 3 heteroatoms. The van der Waals surface area contributed by atoms with Crippen LogP contribution in [0.15, 0.2) is 12.1 Å². The lowest BCUT2D eigenvalue weighted by molar-refractivity contribution is 0.0998. The summed E-state index contributed by atoms with van der Waals surface area (Å²) in [5.41, 5.74) is 7.81. The molecule has 0 bridgehead atoms. The summed E-state index contributed by atoms with van der Waals surface area (Å²) in [4.78, 5) is 21.5. The number of hydrogen-bond donors (Lipinski definition) is 1. The zero-order chi connectivity index (χ0) is 10.0. The van der Waals surface area contributed by atoms with E-state index < -0.39 is 5.91 Å². The number of nitrogens with two attached hydrogens (primary N) is 1. The minimum absolute atomic E-state index is 0.460. The molecule has 68 valence electrons. The molecule has 1 amide bonds. The molecule has 0 atom stereocenters. The summed E-state index contributed by atoms with van der Waals surface area (Å²) in [6.45, 7) is 3.58. The van der Waals surface area contributed by atoms with Gasteiger partial charge in [0.2, 0.25) is 5.91 Å². The smallest absolute Gasteiger partial charge is 0.248 e. The molecule has 0 aliphatic heterocycles. The monoisotopic (exact) mass is 177 g/mol. The molecule has 0 heterocycles. The van der Waals surface area contributed by atoms with Crippen molar-refractivity contribution in [1.82, 2.24) is 0 Å². The molecule has 0 saturated carbocycles. The van der Waals surface area contributed by atoms with Gasteiger partial charge in [-0.1, -0.05) is 6.07 Å². The van der Waals surface area contributed by atoms with Crippen LogP contribution in [-0.4, -0.2) is 12.2 Å². The first-order chi connectivity index (χ1) is 6.07. The lowest BCUT2D eigenvalue weighted by Crippen LogP contribution is -2.13. The van der Waals surface area contributed by atoms with Crippen molar-refractivity contribution in [2.24, 2.45) is 5.73 Å². The predicted octanol–water partition coefficient (Wildman–Crippen LogP) is 1.21. The summed E-state index contributed by atoms with van der Waals surface area (Å²) in [5.74, 6) is -0.460. The van der Waals surface area contributed by atoms with Crippen molar-refractivity contribution in [3.05, 3.63) is 34.4 Å². The Morgan fingerprint density at radius 1 is 1.31 bits per heavy atom. The highest BCUT2D eigenvalue weighted by molar-refractivity contribution is 5.95. The molecule has 0 unspecified atom stereocenters. The Balaban J connectivity index is 3.39. The molecule has 0 spiro atoms. The second-order valence-electron chi connectivity index (χ2n) is 2.93. The lowest BCUT2D eigenvalue weighted by atomic mass is 9.98. The van der Waals surface area contributed by atoms with Crippen molar-refractivity contribution in [3.63, 3.8) is 0 Å². The molecule has 1 aromatic rings. The van der Waals surface area contributed by atoms with Gasteiger partial charge < -0.3 is 5.73 Å². The number of carbonyl (C=O) groups excluding carboxylic acids is 2. The molecule has 0 aliphatic rings. The fourth-order valence-corrected chi connectivity index (χ4v) is 1.24. The number of hydrogen-bond acceptors (Lipinski definition) is 2. The summed E-state index contributed by atoms with van der Waals surface area (Å²) in [6, 6.07) is 3.18. The highest BCUT2D eigenvalue weighted by Crippen LogP contribution is 2.15. The Hall–Kier alpha value is -1.64. The first kappa shape index (κ1) is 9.45. The second kappa shape index (κ2) is 3.39. The molecular formula is C10H11NO2. The Bertz CT molecular complexity index is 369. The van der Waals surface area contributed by atoms with Crippen LogP contribution in [0.1, 0.15) is 31.8 Å². The second-order valence-corrected chi connectivity index (χ2v) is 2.93. The van der Waals surface area contributed by atoms with Gasteiger partial charge in [0, 0.05) is 11.1 Å². The van der Waals surface area contributed by atoms with Crippen LogP contribution in [0.25, 0.3) is 0 Å². The van der Waals surface area contributed by atoms with Crippen LogP contribution in [0.2, 0.25) is 0 Å². The van der Waals surface area contributed by atoms with E-state index in [1.54, 1.807) is 26.0 Å². The van der Waals surface area contributed by atoms with Gasteiger partial charge in [-0.2, -0.15) is 0 Å². The molecule has 1 aromatic carbocycles. The Morgan fingerprint density at radius 3 is 2.38 bits per heavy atom. The van der Waals surface area contributed by atoms with Gasteiger partial charge in [0.25, 0.3) is 0 Å². The van der Waals surface area contributed by atoms with Crippen molar-refractivity contribution in [1.29, 1.82) is 0 Å². The molecule has 0 aromatic heterocycles. The van der Waals surface area contributed by atoms with Crippen LogP contribution in [0.4, 0.5) is 0 Å². The molecule has 3 nitrogen and oxygen atoms in total. The zero-order valence-electron chi connectivity index (χ0n) is 7.63. The van der Waals surface area contributed by atoms with Gasteiger partial charge in [-0.15, -0.1) is 0 Å². The van der Waals surface area contributed by atoms with E-state index in [1.807, 2.05) is 0 Å². The normalized spacial score (nSPS) is 9.69. The van der Waals surface area contributed by atoms with Gasteiger partial charge in [-0.25, -0.2) is 0 Å². The highest BCUT2D eigenvalue weighted by atomic mass is 16.1. The van der Waals surface area contributed by atoms with E-state index in [0.29, 0.717) is 11.1 Å². The van der Waals surface area contributed by atoms with Gasteiger partial charge >= 0.3 is 0 Å². The highest BCUT2D eigenvalue weighted by Gasteiger charge is 2.08. The molecule has 0 aliphatic carbocycles. The average Bonchev–Trinajstić information content (AvgIpc) is 2.09. The molecule has 0 radical (unpaired) electrons. The molecule has 2 N–H and O–H groups in total. The van der Waals surface area contributed by atoms with Gasteiger partial charge in [0.1, 0.15) is 6.29 Å². The maximum absolute atomic E-state index is 10.9. The third-order valence-electron chi connectivity index (χ3n) is 2.22. The van der Waals surface area contributed by atoms with Crippen molar-refractivity contribution in [3.8, 4) is 0 Å². The van der Waals surface area contributed by atoms with E-state index in [1.165, 1.54) is 0 Å². The number of carbonyl (C=O) groups is 2. The quantitative estimate of drug-likeness (QED) is 0.690. The van der Waals surface area contributed by atoms with E-state index in [-0.39, 0.29) is 0 Å². The summed E-state index contributed by atoms with van der Waals surface area (Å²) in [6.07, 6.45) is 0.771. The number of aldehydes is 1. The third kappa shape index (κ3) is 1.59. The van der Waals surface area contributed by atoms with Crippen molar-refractivity contribution in [2.75, 3.05) is 0 Å². The maximum atomic E-state index is 10.9. The van der Waals surface area contributed by atoms with Crippen molar-refractivity contribution in [2.45, 2.75) is 13.8 Å². The Labute approximate surface area is 76.6 Å². The fourth-order valence-electron chi connectivity index (χ4n) is 1.24. The largest absolute Gasteiger partial charge is 0.366 e. The van der Waals surface area contributed by atoms with Crippen LogP contribution in [0.3, 0.4) is 0 Å². The Kier molecular flexibility index (Phi) is 2.46. The van der Waals surface area contributed by atoms with Gasteiger partial charge in [0.15, 0.2) is 0 Å². The summed E-state index contributed by atoms with van der Waals surface area (Å²) < 4.78 is 0. The van der Waals surface area contributed by atoms with Crippen LogP contribution in [0.5, 0.6) is 0 Å². The third-order valence-corrected chi connectivity index (χ3v) is 2.22. The first-order valence-electron chi connectivity index (χ1n) is 3.93. The Morgan fingerprint density at radius 2 is 1.92 bits per heavy atom. The number of rotatable bonds is 2. The molecular weight excluding hydrogens is 166 g/mol. The maximum Gasteiger partial charge on any atom is 0.248 e. The van der Waals surface area contributed by atoms with Gasteiger partial charge in [-0.05, 0) is 31.0 Å². The first-order valence-corrected chi connectivity index (χ1v) is 3.93. The van der Waals surface area contributed by atoms with Crippen LogP contribution in [0, 0.1) is 13.8 Å². The van der Waals surface area contributed by atoms with E-state index >= 15 is 0 Å². The van der Waals surface area contributed by atoms with Crippen molar-refractivity contribution >= 4 is 12.2 Å². The lowest BCUT2D eigenvalue weighted by Gasteiger charge is -2.06. The SMILES string of the molecule is Cc1c(C=O)ccc(C(N)=O)c1C. The van der Waals surface area contributed by atoms with Gasteiger partial charge in [-0.3, -0.25) is 9.59 Å². The van der Waals surface area contributed by atoms with E-state index in [9.17, 15) is 9.59 Å². The predicted molar refractivity (Wildman–Crippen MR) is 49.8 cm³/mol. The number of primary amides is 1. The molecule has 13 heavy (non-hydrogen) atoms. The van der Waals surface area contributed by atoms with E-state index in [2.05, 4.69) is 0 Å².